The van der Waals surface area contributed by atoms with Crippen LogP contribution in [0.4, 0.5) is 0 Å². The fourth-order valence-electron chi connectivity index (χ4n) is 4.24. The first-order valence-corrected chi connectivity index (χ1v) is 8.77. The van der Waals surface area contributed by atoms with Gasteiger partial charge >= 0.3 is 0 Å². The minimum absolute atomic E-state index is 0.609. The molecule has 1 aliphatic heterocycles. The molecule has 0 spiro atoms. The second-order valence-electron chi connectivity index (χ2n) is 7.17. The Bertz CT molecular complexity index is 430. The molecule has 116 valence electrons. The molecule has 2 fully saturated rings. The number of nitrogens with one attached hydrogen (secondary N) is 1. The molecule has 4 unspecified atom stereocenters. The van der Waals surface area contributed by atoms with Gasteiger partial charge in [-0.15, -0.1) is 0 Å². The van der Waals surface area contributed by atoms with Crippen molar-refractivity contribution in [3.63, 3.8) is 0 Å². The van der Waals surface area contributed by atoms with Crippen LogP contribution in [0.25, 0.3) is 0 Å². The lowest BCUT2D eigenvalue weighted by Crippen LogP contribution is -2.60. The minimum atomic E-state index is 0.609. The Morgan fingerprint density at radius 1 is 1.10 bits per heavy atom. The lowest BCUT2D eigenvalue weighted by atomic mass is 9.83. The van der Waals surface area contributed by atoms with Crippen LogP contribution < -0.4 is 5.32 Å². The number of hydrogen-bond acceptors (Lipinski definition) is 2. The van der Waals surface area contributed by atoms with Gasteiger partial charge in [0.1, 0.15) is 0 Å². The summed E-state index contributed by atoms with van der Waals surface area (Å²) < 4.78 is 0. The molecule has 1 aromatic rings. The fraction of sp³-hybridized carbons (Fsp3) is 0.684. The van der Waals surface area contributed by atoms with Crippen LogP contribution in [-0.2, 0) is 6.42 Å². The molecule has 1 aliphatic carbocycles. The molecule has 1 saturated heterocycles. The Balaban J connectivity index is 1.64. The van der Waals surface area contributed by atoms with Gasteiger partial charge in [0.2, 0.25) is 0 Å². The van der Waals surface area contributed by atoms with Gasteiger partial charge in [0.15, 0.2) is 0 Å². The second-order valence-corrected chi connectivity index (χ2v) is 7.17. The van der Waals surface area contributed by atoms with Crippen LogP contribution in [0.1, 0.15) is 45.1 Å². The van der Waals surface area contributed by atoms with Gasteiger partial charge in [-0.3, -0.25) is 4.90 Å². The highest BCUT2D eigenvalue weighted by Crippen LogP contribution is 2.30. The molecule has 2 heteroatoms. The van der Waals surface area contributed by atoms with Gasteiger partial charge in [-0.25, -0.2) is 0 Å². The van der Waals surface area contributed by atoms with E-state index in [0.717, 1.165) is 24.9 Å². The highest BCUT2D eigenvalue weighted by Gasteiger charge is 2.34. The molecule has 0 amide bonds. The van der Waals surface area contributed by atoms with Gasteiger partial charge in [0, 0.05) is 31.2 Å². The fourth-order valence-corrected chi connectivity index (χ4v) is 4.24. The van der Waals surface area contributed by atoms with Crippen molar-refractivity contribution in [2.24, 2.45) is 5.92 Å². The van der Waals surface area contributed by atoms with E-state index in [0.29, 0.717) is 12.1 Å². The van der Waals surface area contributed by atoms with Crippen molar-refractivity contribution in [2.45, 2.75) is 64.1 Å². The Labute approximate surface area is 129 Å². The van der Waals surface area contributed by atoms with Crippen LogP contribution in [0.2, 0.25) is 0 Å². The third-order valence-electron chi connectivity index (χ3n) is 5.52. The molecule has 3 rings (SSSR count). The number of nitrogens with zero attached hydrogens (tertiary/aromatic N) is 1. The van der Waals surface area contributed by atoms with Crippen LogP contribution in [-0.4, -0.2) is 36.1 Å². The summed E-state index contributed by atoms with van der Waals surface area (Å²) in [6.45, 7) is 7.21. The molecule has 21 heavy (non-hydrogen) atoms. The molecular formula is C19H30N2. The summed E-state index contributed by atoms with van der Waals surface area (Å²) in [6, 6.07) is 13.0. The summed E-state index contributed by atoms with van der Waals surface area (Å²) in [5.41, 5.74) is 1.46. The first-order valence-electron chi connectivity index (χ1n) is 8.77. The van der Waals surface area contributed by atoms with E-state index in [2.05, 4.69) is 54.4 Å². The summed E-state index contributed by atoms with van der Waals surface area (Å²) in [5.74, 6) is 0.872. The van der Waals surface area contributed by atoms with Gasteiger partial charge in [0.25, 0.3) is 0 Å². The predicted octanol–water partition coefficient (Wildman–Crippen LogP) is 3.47. The van der Waals surface area contributed by atoms with Crippen LogP contribution >= 0.6 is 0 Å². The van der Waals surface area contributed by atoms with Crippen molar-refractivity contribution in [3.05, 3.63) is 35.9 Å². The van der Waals surface area contributed by atoms with Crippen molar-refractivity contribution >= 4 is 0 Å². The summed E-state index contributed by atoms with van der Waals surface area (Å²) >= 11 is 0. The SMILES string of the molecule is CC1CCCCC1N1CC(Cc2ccccc2)NCC1C. The molecule has 1 N–H and O–H groups in total. The first-order chi connectivity index (χ1) is 10.2. The second kappa shape index (κ2) is 6.93. The molecule has 1 heterocycles. The van der Waals surface area contributed by atoms with Crippen molar-refractivity contribution in [1.29, 1.82) is 0 Å². The van der Waals surface area contributed by atoms with E-state index in [1.54, 1.807) is 0 Å². The minimum Gasteiger partial charge on any atom is -0.311 e. The van der Waals surface area contributed by atoms with E-state index in [1.807, 2.05) is 0 Å². The van der Waals surface area contributed by atoms with Crippen molar-refractivity contribution in [3.8, 4) is 0 Å². The van der Waals surface area contributed by atoms with E-state index in [4.69, 9.17) is 0 Å². The maximum absolute atomic E-state index is 3.76. The van der Waals surface area contributed by atoms with Gasteiger partial charge in [-0.2, -0.15) is 0 Å². The molecule has 4 atom stereocenters. The Morgan fingerprint density at radius 3 is 2.62 bits per heavy atom. The molecule has 0 aromatic heterocycles. The molecule has 2 aliphatic rings. The highest BCUT2D eigenvalue weighted by molar-refractivity contribution is 5.16. The van der Waals surface area contributed by atoms with E-state index in [1.165, 1.54) is 37.8 Å². The van der Waals surface area contributed by atoms with E-state index < -0.39 is 0 Å². The average Bonchev–Trinajstić information content (AvgIpc) is 2.51. The molecule has 2 nitrogen and oxygen atoms in total. The molecular weight excluding hydrogens is 256 g/mol. The zero-order valence-corrected chi connectivity index (χ0v) is 13.6. The van der Waals surface area contributed by atoms with Crippen LogP contribution in [0.5, 0.6) is 0 Å². The van der Waals surface area contributed by atoms with Crippen molar-refractivity contribution in [1.82, 2.24) is 10.2 Å². The number of benzene rings is 1. The van der Waals surface area contributed by atoms with Gasteiger partial charge < -0.3 is 5.32 Å². The lowest BCUT2D eigenvalue weighted by Gasteiger charge is -2.47. The standard InChI is InChI=1S/C19H30N2/c1-15-8-6-7-11-19(15)21-14-18(20-13-16(21)2)12-17-9-4-3-5-10-17/h3-5,9-10,15-16,18-20H,6-8,11-14H2,1-2H3. The molecule has 0 radical (unpaired) electrons. The maximum Gasteiger partial charge on any atom is 0.0236 e. The number of piperazine rings is 1. The first kappa shape index (κ1) is 15.1. The van der Waals surface area contributed by atoms with Gasteiger partial charge in [-0.1, -0.05) is 50.1 Å². The zero-order valence-electron chi connectivity index (χ0n) is 13.6. The van der Waals surface area contributed by atoms with E-state index in [9.17, 15) is 0 Å². The molecule has 1 aromatic carbocycles. The highest BCUT2D eigenvalue weighted by atomic mass is 15.3. The summed E-state index contributed by atoms with van der Waals surface area (Å²) in [7, 11) is 0. The quantitative estimate of drug-likeness (QED) is 0.915. The molecule has 0 bridgehead atoms. The normalized spacial score (nSPS) is 34.8. The third-order valence-corrected chi connectivity index (χ3v) is 5.52. The number of rotatable bonds is 3. The zero-order chi connectivity index (χ0) is 14.7. The average molecular weight is 286 g/mol. The van der Waals surface area contributed by atoms with Gasteiger partial charge in [0.05, 0.1) is 0 Å². The van der Waals surface area contributed by atoms with Crippen molar-refractivity contribution in [2.75, 3.05) is 13.1 Å². The van der Waals surface area contributed by atoms with Crippen LogP contribution in [0.15, 0.2) is 30.3 Å². The predicted molar refractivity (Wildman–Crippen MR) is 89.5 cm³/mol. The smallest absolute Gasteiger partial charge is 0.0236 e. The summed E-state index contributed by atoms with van der Waals surface area (Å²) in [5, 5.41) is 3.76. The Morgan fingerprint density at radius 2 is 1.86 bits per heavy atom. The molecule has 1 saturated carbocycles. The number of hydrogen-bond donors (Lipinski definition) is 1. The van der Waals surface area contributed by atoms with E-state index in [-0.39, 0.29) is 0 Å². The Hall–Kier alpha value is -0.860. The largest absolute Gasteiger partial charge is 0.311 e. The maximum atomic E-state index is 3.76. The lowest BCUT2D eigenvalue weighted by molar-refractivity contribution is 0.0425. The monoisotopic (exact) mass is 286 g/mol. The Kier molecular flexibility index (Phi) is 4.97. The summed E-state index contributed by atoms with van der Waals surface area (Å²) in [6.07, 6.45) is 6.85. The van der Waals surface area contributed by atoms with Crippen molar-refractivity contribution < 1.29 is 0 Å². The topological polar surface area (TPSA) is 15.3 Å². The third kappa shape index (κ3) is 3.67. The van der Waals surface area contributed by atoms with Crippen LogP contribution in [0, 0.1) is 5.92 Å². The van der Waals surface area contributed by atoms with Crippen LogP contribution in [0.3, 0.4) is 0 Å². The van der Waals surface area contributed by atoms with E-state index >= 15 is 0 Å². The van der Waals surface area contributed by atoms with Gasteiger partial charge in [-0.05, 0) is 37.7 Å². The summed E-state index contributed by atoms with van der Waals surface area (Å²) in [4.78, 5) is 2.81.